The number of ether oxygens (including phenoxy) is 1. The fourth-order valence-corrected chi connectivity index (χ4v) is 3.55. The van der Waals surface area contributed by atoms with Gasteiger partial charge in [0.25, 0.3) is 11.8 Å². The van der Waals surface area contributed by atoms with Crippen LogP contribution in [0.25, 0.3) is 0 Å². The number of benzene rings is 2. The van der Waals surface area contributed by atoms with Crippen molar-refractivity contribution in [2.75, 3.05) is 37.4 Å². The van der Waals surface area contributed by atoms with Crippen LogP contribution in [0.4, 0.5) is 11.4 Å². The minimum absolute atomic E-state index is 0.0893. The smallest absolute Gasteiger partial charge is 0.279 e. The van der Waals surface area contributed by atoms with E-state index in [0.29, 0.717) is 11.4 Å². The van der Waals surface area contributed by atoms with Crippen LogP contribution in [0, 0.1) is 20.8 Å². The summed E-state index contributed by atoms with van der Waals surface area (Å²) in [5.74, 6) is 0.378. The molecule has 2 rings (SSSR count). The largest absolute Gasteiger partial charge is 0.495 e. The Labute approximate surface area is 173 Å². The van der Waals surface area contributed by atoms with E-state index < -0.39 is 0 Å². The Morgan fingerprint density at radius 2 is 1.55 bits per heavy atom. The van der Waals surface area contributed by atoms with Crippen molar-refractivity contribution in [1.29, 1.82) is 0 Å². The van der Waals surface area contributed by atoms with Gasteiger partial charge < -0.3 is 20.3 Å². The summed E-state index contributed by atoms with van der Waals surface area (Å²) in [6, 6.07) is 11.4. The zero-order chi connectivity index (χ0) is 21.4. The van der Waals surface area contributed by atoms with Gasteiger partial charge in [-0.2, -0.15) is 0 Å². The van der Waals surface area contributed by atoms with Crippen LogP contribution in [0.5, 0.6) is 5.75 Å². The lowest BCUT2D eigenvalue weighted by Crippen LogP contribution is -3.14. The molecule has 2 aromatic carbocycles. The maximum atomic E-state index is 12.6. The normalized spacial score (nSPS) is 11.6. The van der Waals surface area contributed by atoms with Crippen molar-refractivity contribution < 1.29 is 19.2 Å². The molecule has 156 valence electrons. The van der Waals surface area contributed by atoms with Gasteiger partial charge in [0.15, 0.2) is 13.1 Å². The van der Waals surface area contributed by atoms with Gasteiger partial charge in [0, 0.05) is 5.69 Å². The van der Waals surface area contributed by atoms with E-state index in [4.69, 9.17) is 4.74 Å². The molecule has 0 aromatic heterocycles. The number of aryl methyl sites for hydroxylation is 3. The van der Waals surface area contributed by atoms with Gasteiger partial charge in [-0.3, -0.25) is 9.59 Å². The van der Waals surface area contributed by atoms with E-state index in [2.05, 4.69) is 22.8 Å². The molecule has 2 amide bonds. The van der Waals surface area contributed by atoms with Crippen molar-refractivity contribution in [3.8, 4) is 5.75 Å². The Kier molecular flexibility index (Phi) is 8.21. The first-order valence-electron chi connectivity index (χ1n) is 9.98. The first kappa shape index (κ1) is 22.4. The van der Waals surface area contributed by atoms with Crippen LogP contribution in [-0.4, -0.2) is 38.6 Å². The maximum Gasteiger partial charge on any atom is 0.279 e. The lowest BCUT2D eigenvalue weighted by Gasteiger charge is -2.19. The Morgan fingerprint density at radius 1 is 0.966 bits per heavy atom. The number of quaternary nitrogens is 1. The molecule has 6 heteroatoms. The quantitative estimate of drug-likeness (QED) is 0.608. The number of hydrogen-bond acceptors (Lipinski definition) is 3. The fraction of sp³-hybridized carbons (Fsp3) is 0.391. The molecule has 0 aliphatic carbocycles. The average molecular weight is 399 g/mol. The molecule has 0 spiro atoms. The highest BCUT2D eigenvalue weighted by Crippen LogP contribution is 2.23. The zero-order valence-electron chi connectivity index (χ0n) is 18.0. The van der Waals surface area contributed by atoms with Crippen molar-refractivity contribution in [2.45, 2.75) is 34.1 Å². The third kappa shape index (κ3) is 6.61. The zero-order valence-corrected chi connectivity index (χ0v) is 18.0. The highest BCUT2D eigenvalue weighted by molar-refractivity contribution is 5.94. The van der Waals surface area contributed by atoms with Crippen molar-refractivity contribution in [2.24, 2.45) is 0 Å². The standard InChI is InChI=1S/C23H31N3O3/c1-6-11-26(14-21(27)24-19-9-7-8-10-20(19)29-5)15-22(28)25-23-17(3)12-16(2)13-18(23)4/h7-10,12-13H,6,11,14-15H2,1-5H3,(H,24,27)(H,25,28)/p+1. The molecule has 0 saturated heterocycles. The number of carbonyl (C=O) groups is 2. The molecule has 0 bridgehead atoms. The van der Waals surface area contributed by atoms with Crippen LogP contribution in [0.2, 0.25) is 0 Å². The SMILES string of the molecule is CCC[NH+](CC(=O)Nc1ccccc1OC)CC(=O)Nc1c(C)cc(C)cc1C. The van der Waals surface area contributed by atoms with E-state index in [0.717, 1.165) is 34.7 Å². The van der Waals surface area contributed by atoms with Crippen LogP contribution in [0.15, 0.2) is 36.4 Å². The lowest BCUT2D eigenvalue weighted by molar-refractivity contribution is -0.883. The van der Waals surface area contributed by atoms with E-state index in [1.165, 1.54) is 5.56 Å². The summed E-state index contributed by atoms with van der Waals surface area (Å²) in [5, 5.41) is 5.91. The summed E-state index contributed by atoms with van der Waals surface area (Å²) in [7, 11) is 1.57. The van der Waals surface area contributed by atoms with Crippen molar-refractivity contribution in [1.82, 2.24) is 0 Å². The number of anilines is 2. The molecule has 0 saturated carbocycles. The Bertz CT molecular complexity index is 841. The number of methoxy groups -OCH3 is 1. The molecular formula is C23H32N3O3+. The summed E-state index contributed by atoms with van der Waals surface area (Å²) < 4.78 is 5.27. The number of amides is 2. The second-order valence-corrected chi connectivity index (χ2v) is 7.42. The third-order valence-corrected chi connectivity index (χ3v) is 4.75. The number of hydrogen-bond donors (Lipinski definition) is 3. The molecule has 1 atom stereocenters. The minimum atomic E-state index is -0.145. The van der Waals surface area contributed by atoms with Gasteiger partial charge in [-0.05, 0) is 50.5 Å². The van der Waals surface area contributed by atoms with Gasteiger partial charge in [-0.1, -0.05) is 36.8 Å². The van der Waals surface area contributed by atoms with Crippen LogP contribution in [0.3, 0.4) is 0 Å². The second kappa shape index (κ2) is 10.6. The lowest BCUT2D eigenvalue weighted by atomic mass is 10.1. The van der Waals surface area contributed by atoms with Gasteiger partial charge in [0.05, 0.1) is 19.3 Å². The van der Waals surface area contributed by atoms with Gasteiger partial charge in [-0.15, -0.1) is 0 Å². The number of nitrogens with one attached hydrogen (secondary N) is 3. The molecule has 6 nitrogen and oxygen atoms in total. The number of para-hydroxylation sites is 2. The third-order valence-electron chi connectivity index (χ3n) is 4.75. The molecule has 0 heterocycles. The number of carbonyl (C=O) groups excluding carboxylic acids is 2. The molecule has 0 aliphatic rings. The van der Waals surface area contributed by atoms with Gasteiger partial charge in [-0.25, -0.2) is 0 Å². The first-order valence-corrected chi connectivity index (χ1v) is 9.98. The average Bonchev–Trinajstić information content (AvgIpc) is 2.65. The predicted octanol–water partition coefficient (Wildman–Crippen LogP) is 2.49. The highest BCUT2D eigenvalue weighted by Gasteiger charge is 2.19. The fourth-order valence-electron chi connectivity index (χ4n) is 3.55. The molecular weight excluding hydrogens is 366 g/mol. The van der Waals surface area contributed by atoms with E-state index >= 15 is 0 Å². The Hall–Kier alpha value is -2.86. The van der Waals surface area contributed by atoms with E-state index in [1.54, 1.807) is 19.2 Å². The number of rotatable bonds is 9. The molecule has 29 heavy (non-hydrogen) atoms. The summed E-state index contributed by atoms with van der Waals surface area (Å²) >= 11 is 0. The molecule has 0 aliphatic heterocycles. The van der Waals surface area contributed by atoms with Gasteiger partial charge >= 0.3 is 0 Å². The van der Waals surface area contributed by atoms with Crippen LogP contribution < -0.4 is 20.3 Å². The summed E-state index contributed by atoms with van der Waals surface area (Å²) in [5.41, 5.74) is 4.74. The minimum Gasteiger partial charge on any atom is -0.495 e. The molecule has 3 N–H and O–H groups in total. The second-order valence-electron chi connectivity index (χ2n) is 7.42. The Morgan fingerprint density at radius 3 is 2.14 bits per heavy atom. The Balaban J connectivity index is 2.00. The van der Waals surface area contributed by atoms with Crippen LogP contribution >= 0.6 is 0 Å². The molecule has 2 aromatic rings. The van der Waals surface area contributed by atoms with E-state index in [-0.39, 0.29) is 24.9 Å². The summed E-state index contributed by atoms with van der Waals surface area (Å²) in [4.78, 5) is 26.1. The van der Waals surface area contributed by atoms with E-state index in [9.17, 15) is 9.59 Å². The highest BCUT2D eigenvalue weighted by atomic mass is 16.5. The summed E-state index contributed by atoms with van der Waals surface area (Å²) in [6.45, 7) is 9.26. The van der Waals surface area contributed by atoms with Crippen molar-refractivity contribution >= 4 is 23.2 Å². The van der Waals surface area contributed by atoms with Gasteiger partial charge in [0.2, 0.25) is 0 Å². The summed E-state index contributed by atoms with van der Waals surface area (Å²) in [6.07, 6.45) is 0.882. The first-order chi connectivity index (χ1) is 13.8. The van der Waals surface area contributed by atoms with Crippen LogP contribution in [0.1, 0.15) is 30.0 Å². The molecule has 0 fully saturated rings. The van der Waals surface area contributed by atoms with Gasteiger partial charge in [0.1, 0.15) is 5.75 Å². The van der Waals surface area contributed by atoms with Crippen molar-refractivity contribution in [3.05, 3.63) is 53.1 Å². The molecule has 0 radical (unpaired) electrons. The molecule has 1 unspecified atom stereocenters. The van der Waals surface area contributed by atoms with Crippen LogP contribution in [-0.2, 0) is 9.59 Å². The van der Waals surface area contributed by atoms with E-state index in [1.807, 2.05) is 39.8 Å². The monoisotopic (exact) mass is 398 g/mol. The topological polar surface area (TPSA) is 71.9 Å². The maximum absolute atomic E-state index is 12.6. The predicted molar refractivity (Wildman–Crippen MR) is 117 cm³/mol. The van der Waals surface area contributed by atoms with Crippen molar-refractivity contribution in [3.63, 3.8) is 0 Å².